The van der Waals surface area contributed by atoms with Crippen molar-refractivity contribution in [1.29, 1.82) is 5.26 Å². The van der Waals surface area contributed by atoms with Gasteiger partial charge in [0, 0.05) is 13.0 Å². The number of hydrogen-bond donors (Lipinski definition) is 3. The summed E-state index contributed by atoms with van der Waals surface area (Å²) < 4.78 is 9.68. The fourth-order valence-corrected chi connectivity index (χ4v) is 2.46. The van der Waals surface area contributed by atoms with E-state index in [-0.39, 0.29) is 19.6 Å². The van der Waals surface area contributed by atoms with Gasteiger partial charge in [-0.25, -0.2) is 9.59 Å². The Morgan fingerprint density at radius 1 is 1.21 bits per heavy atom. The number of ether oxygens (including phenoxy) is 2. The van der Waals surface area contributed by atoms with Gasteiger partial charge in [-0.3, -0.25) is 4.79 Å². The van der Waals surface area contributed by atoms with Crippen LogP contribution in [0.3, 0.4) is 0 Å². The molecule has 2 amide bonds. The molecule has 158 valence electrons. The Morgan fingerprint density at radius 3 is 2.59 bits per heavy atom. The van der Waals surface area contributed by atoms with Crippen LogP contribution < -0.4 is 10.6 Å². The van der Waals surface area contributed by atoms with E-state index < -0.39 is 30.1 Å². The number of nitrogens with zero attached hydrogens (tertiary/aromatic N) is 1. The van der Waals surface area contributed by atoms with Crippen molar-refractivity contribution in [2.45, 2.75) is 50.9 Å². The van der Waals surface area contributed by atoms with E-state index in [9.17, 15) is 19.5 Å². The van der Waals surface area contributed by atoms with Gasteiger partial charge < -0.3 is 25.2 Å². The largest absolute Gasteiger partial charge is 0.467 e. The minimum absolute atomic E-state index is 0.0931. The minimum Gasteiger partial charge on any atom is -0.467 e. The van der Waals surface area contributed by atoms with Gasteiger partial charge in [0.2, 0.25) is 5.91 Å². The fourth-order valence-electron chi connectivity index (χ4n) is 2.46. The molecule has 0 saturated carbocycles. The van der Waals surface area contributed by atoms with E-state index in [0.29, 0.717) is 25.7 Å². The molecule has 9 heteroatoms. The van der Waals surface area contributed by atoms with Crippen molar-refractivity contribution in [3.63, 3.8) is 0 Å². The number of unbranched alkanes of at least 4 members (excludes halogenated alkanes) is 2. The highest BCUT2D eigenvalue weighted by Gasteiger charge is 2.22. The quantitative estimate of drug-likeness (QED) is 0.353. The van der Waals surface area contributed by atoms with Crippen LogP contribution in [0.15, 0.2) is 30.3 Å². The third kappa shape index (κ3) is 10.7. The lowest BCUT2D eigenvalue weighted by atomic mass is 10.1. The molecule has 0 aliphatic heterocycles. The molecule has 0 aromatic heterocycles. The van der Waals surface area contributed by atoms with Crippen molar-refractivity contribution in [2.75, 3.05) is 13.7 Å². The van der Waals surface area contributed by atoms with Crippen LogP contribution in [-0.4, -0.2) is 48.9 Å². The zero-order valence-corrected chi connectivity index (χ0v) is 16.4. The Bertz CT molecular complexity index is 689. The van der Waals surface area contributed by atoms with E-state index in [1.807, 2.05) is 36.4 Å². The van der Waals surface area contributed by atoms with Crippen LogP contribution in [0.4, 0.5) is 4.79 Å². The van der Waals surface area contributed by atoms with E-state index in [4.69, 9.17) is 10.00 Å². The molecule has 1 aromatic carbocycles. The first kappa shape index (κ1) is 23.9. The predicted octanol–water partition coefficient (Wildman–Crippen LogP) is 1.41. The summed E-state index contributed by atoms with van der Waals surface area (Å²) in [6.07, 6.45) is -0.269. The second-order valence-electron chi connectivity index (χ2n) is 6.35. The third-order valence-corrected chi connectivity index (χ3v) is 3.97. The van der Waals surface area contributed by atoms with Crippen molar-refractivity contribution in [3.05, 3.63) is 35.9 Å². The summed E-state index contributed by atoms with van der Waals surface area (Å²) in [5.41, 5.74) is 0.825. The highest BCUT2D eigenvalue weighted by Crippen LogP contribution is 2.06. The molecular weight excluding hydrogens is 378 g/mol. The van der Waals surface area contributed by atoms with E-state index >= 15 is 0 Å². The van der Waals surface area contributed by atoms with E-state index in [1.54, 1.807) is 0 Å². The molecule has 0 heterocycles. The fraction of sp³-hybridized carbons (Fsp3) is 0.500. The van der Waals surface area contributed by atoms with E-state index in [0.717, 1.165) is 5.56 Å². The molecular formula is C20H27N3O6. The number of hydrogen-bond acceptors (Lipinski definition) is 7. The van der Waals surface area contributed by atoms with Gasteiger partial charge in [0.25, 0.3) is 0 Å². The lowest BCUT2D eigenvalue weighted by Crippen LogP contribution is -2.43. The van der Waals surface area contributed by atoms with Gasteiger partial charge in [0.05, 0.1) is 25.7 Å². The van der Waals surface area contributed by atoms with Crippen molar-refractivity contribution in [3.8, 4) is 6.07 Å². The number of nitriles is 1. The average molecular weight is 405 g/mol. The molecule has 0 aliphatic carbocycles. The number of carbonyl (C=O) groups excluding carboxylic acids is 3. The standard InChI is InChI=1S/C20H27N3O6/c1-28-19(26)17(10-6-3-7-11-21)23-18(25)12-16(24)13-22-20(27)29-14-15-8-4-2-5-9-15/h2,4-5,8-9,16-17,24H,3,6-7,10,12-14H2,1H3,(H,22,27)(H,23,25)/t16-,17+/m1/s1. The van der Waals surface area contributed by atoms with Crippen molar-refractivity contribution >= 4 is 18.0 Å². The molecule has 3 N–H and O–H groups in total. The first-order valence-electron chi connectivity index (χ1n) is 9.33. The molecule has 9 nitrogen and oxygen atoms in total. The van der Waals surface area contributed by atoms with Gasteiger partial charge in [-0.05, 0) is 24.8 Å². The second-order valence-corrected chi connectivity index (χ2v) is 6.35. The maximum absolute atomic E-state index is 12.1. The van der Waals surface area contributed by atoms with Crippen LogP contribution in [0.1, 0.15) is 37.7 Å². The monoisotopic (exact) mass is 405 g/mol. The number of carbonyl (C=O) groups is 3. The van der Waals surface area contributed by atoms with Crippen LogP contribution in [0.5, 0.6) is 0 Å². The van der Waals surface area contributed by atoms with Gasteiger partial charge in [-0.15, -0.1) is 0 Å². The zero-order chi connectivity index (χ0) is 21.5. The summed E-state index contributed by atoms with van der Waals surface area (Å²) in [4.78, 5) is 35.5. The molecule has 0 bridgehead atoms. The zero-order valence-electron chi connectivity index (χ0n) is 16.4. The third-order valence-electron chi connectivity index (χ3n) is 3.97. The van der Waals surface area contributed by atoms with Crippen LogP contribution in [0, 0.1) is 11.3 Å². The molecule has 0 aliphatic rings. The number of aliphatic hydroxyl groups excluding tert-OH is 1. The number of nitrogens with one attached hydrogen (secondary N) is 2. The van der Waals surface area contributed by atoms with Crippen LogP contribution in [-0.2, 0) is 25.7 Å². The number of esters is 1. The predicted molar refractivity (Wildman–Crippen MR) is 103 cm³/mol. The van der Waals surface area contributed by atoms with Crippen LogP contribution >= 0.6 is 0 Å². The Hall–Kier alpha value is -3.12. The summed E-state index contributed by atoms with van der Waals surface area (Å²) >= 11 is 0. The molecule has 0 unspecified atom stereocenters. The van der Waals surface area contributed by atoms with E-state index in [1.165, 1.54) is 7.11 Å². The second kappa shape index (κ2) is 14.0. The molecule has 0 saturated heterocycles. The maximum atomic E-state index is 12.1. The molecule has 0 radical (unpaired) electrons. The van der Waals surface area contributed by atoms with Gasteiger partial charge >= 0.3 is 12.1 Å². The highest BCUT2D eigenvalue weighted by atomic mass is 16.5. The Labute approximate surface area is 170 Å². The van der Waals surface area contributed by atoms with Crippen molar-refractivity contribution < 1.29 is 29.0 Å². The molecule has 1 aromatic rings. The summed E-state index contributed by atoms with van der Waals surface area (Å²) in [6.45, 7) is -0.0814. The Balaban J connectivity index is 2.32. The number of aliphatic hydroxyl groups is 1. The van der Waals surface area contributed by atoms with Crippen LogP contribution in [0.25, 0.3) is 0 Å². The first-order valence-corrected chi connectivity index (χ1v) is 9.33. The van der Waals surface area contributed by atoms with Gasteiger partial charge in [0.15, 0.2) is 0 Å². The Morgan fingerprint density at radius 2 is 1.93 bits per heavy atom. The van der Waals surface area contributed by atoms with E-state index in [2.05, 4.69) is 15.4 Å². The summed E-state index contributed by atoms with van der Waals surface area (Å²) in [5, 5.41) is 23.3. The lowest BCUT2D eigenvalue weighted by Gasteiger charge is -2.18. The average Bonchev–Trinajstić information content (AvgIpc) is 2.73. The SMILES string of the molecule is COC(=O)[C@H](CCCCC#N)NC(=O)C[C@@H](O)CNC(=O)OCc1ccccc1. The van der Waals surface area contributed by atoms with Gasteiger partial charge in [-0.2, -0.15) is 5.26 Å². The van der Waals surface area contributed by atoms with Crippen molar-refractivity contribution in [1.82, 2.24) is 10.6 Å². The summed E-state index contributed by atoms with van der Waals surface area (Å²) in [5.74, 6) is -1.14. The first-order chi connectivity index (χ1) is 14.0. The molecule has 0 spiro atoms. The smallest absolute Gasteiger partial charge is 0.407 e. The molecule has 2 atom stereocenters. The highest BCUT2D eigenvalue weighted by molar-refractivity contribution is 5.84. The van der Waals surface area contributed by atoms with Crippen molar-refractivity contribution in [2.24, 2.45) is 0 Å². The van der Waals surface area contributed by atoms with Crippen LogP contribution in [0.2, 0.25) is 0 Å². The number of alkyl carbamates (subject to hydrolysis) is 1. The minimum atomic E-state index is -1.14. The molecule has 1 rings (SSSR count). The van der Waals surface area contributed by atoms with Gasteiger partial charge in [-0.1, -0.05) is 30.3 Å². The molecule has 29 heavy (non-hydrogen) atoms. The molecule has 0 fully saturated rings. The summed E-state index contributed by atoms with van der Waals surface area (Å²) in [7, 11) is 1.22. The lowest BCUT2D eigenvalue weighted by molar-refractivity contribution is -0.145. The number of methoxy groups -OCH3 is 1. The maximum Gasteiger partial charge on any atom is 0.407 e. The number of benzene rings is 1. The Kier molecular flexibility index (Phi) is 11.5. The number of rotatable bonds is 12. The van der Waals surface area contributed by atoms with Gasteiger partial charge in [0.1, 0.15) is 12.6 Å². The summed E-state index contributed by atoms with van der Waals surface area (Å²) in [6, 6.07) is 10.3. The number of amides is 2. The normalized spacial score (nSPS) is 12.2. The topological polar surface area (TPSA) is 138 Å².